The van der Waals surface area contributed by atoms with Gasteiger partial charge in [-0.25, -0.2) is 4.99 Å². The Hall–Kier alpha value is -3.66. The maximum absolute atomic E-state index is 12.7. The second-order valence-corrected chi connectivity index (χ2v) is 6.87. The Labute approximate surface area is 170 Å². The lowest BCUT2D eigenvalue weighted by atomic mass is 10.0. The zero-order valence-corrected chi connectivity index (χ0v) is 16.3. The molecule has 0 saturated carbocycles. The number of amides is 1. The molecule has 1 amide bonds. The molecule has 0 radical (unpaired) electrons. The number of ether oxygens (including phenoxy) is 1. The summed E-state index contributed by atoms with van der Waals surface area (Å²) >= 11 is 0. The Morgan fingerprint density at radius 3 is 2.48 bits per heavy atom. The van der Waals surface area contributed by atoms with Crippen molar-refractivity contribution < 1.29 is 9.53 Å². The van der Waals surface area contributed by atoms with E-state index in [9.17, 15) is 4.79 Å². The molecule has 29 heavy (non-hydrogen) atoms. The van der Waals surface area contributed by atoms with Gasteiger partial charge in [-0.3, -0.25) is 4.79 Å². The molecule has 0 fully saturated rings. The van der Waals surface area contributed by atoms with Crippen molar-refractivity contribution in [2.45, 2.75) is 6.92 Å². The van der Waals surface area contributed by atoms with Crippen molar-refractivity contribution in [2.24, 2.45) is 4.99 Å². The summed E-state index contributed by atoms with van der Waals surface area (Å²) in [6.07, 6.45) is 4.08. The predicted octanol–water partition coefficient (Wildman–Crippen LogP) is 5.19. The summed E-state index contributed by atoms with van der Waals surface area (Å²) in [6, 6.07) is 23.3. The summed E-state index contributed by atoms with van der Waals surface area (Å²) in [6.45, 7) is 3.24. The van der Waals surface area contributed by atoms with E-state index < -0.39 is 0 Å². The molecule has 4 rings (SSSR count). The summed E-state index contributed by atoms with van der Waals surface area (Å²) < 4.78 is 5.74. The van der Waals surface area contributed by atoms with Crippen LogP contribution in [-0.4, -0.2) is 25.0 Å². The molecule has 0 unspecified atom stereocenters. The molecule has 1 heterocycles. The number of carbonyl (C=O) groups excluding carboxylic acids is 1. The van der Waals surface area contributed by atoms with Crippen molar-refractivity contribution in [2.75, 3.05) is 18.5 Å². The lowest BCUT2D eigenvalue weighted by molar-refractivity contribution is 0.102. The third-order valence-electron chi connectivity index (χ3n) is 4.71. The first-order chi connectivity index (χ1) is 14.2. The molecule has 4 nitrogen and oxygen atoms in total. The molecule has 0 saturated heterocycles. The zero-order valence-electron chi connectivity index (χ0n) is 16.3. The molecule has 4 heteroatoms. The normalized spacial score (nSPS) is 13.2. The average molecular weight is 382 g/mol. The number of nitrogens with zero attached hydrogens (tertiary/aromatic N) is 1. The first kappa shape index (κ1) is 18.7. The van der Waals surface area contributed by atoms with Gasteiger partial charge in [-0.2, -0.15) is 0 Å². The Morgan fingerprint density at radius 1 is 0.966 bits per heavy atom. The first-order valence-corrected chi connectivity index (χ1v) is 9.62. The minimum absolute atomic E-state index is 0.162. The number of hydrogen-bond acceptors (Lipinski definition) is 3. The third-order valence-corrected chi connectivity index (χ3v) is 4.71. The Morgan fingerprint density at radius 2 is 1.76 bits per heavy atom. The van der Waals surface area contributed by atoms with Crippen molar-refractivity contribution in [3.05, 3.63) is 101 Å². The molecular formula is C25H22N2O2. The van der Waals surface area contributed by atoms with E-state index in [0.29, 0.717) is 30.3 Å². The van der Waals surface area contributed by atoms with Crippen LogP contribution in [0.4, 0.5) is 5.69 Å². The number of benzene rings is 3. The highest BCUT2D eigenvalue weighted by Gasteiger charge is 2.19. The van der Waals surface area contributed by atoms with Crippen LogP contribution in [0.5, 0.6) is 0 Å². The lowest BCUT2D eigenvalue weighted by Gasteiger charge is -2.14. The van der Waals surface area contributed by atoms with Gasteiger partial charge in [0.25, 0.3) is 5.91 Å². The van der Waals surface area contributed by atoms with Gasteiger partial charge in [0, 0.05) is 5.56 Å². The van der Waals surface area contributed by atoms with Gasteiger partial charge >= 0.3 is 0 Å². The van der Waals surface area contributed by atoms with E-state index in [1.54, 1.807) is 12.1 Å². The summed E-state index contributed by atoms with van der Waals surface area (Å²) in [5, 5.41) is 3.02. The molecule has 3 aromatic rings. The van der Waals surface area contributed by atoms with Gasteiger partial charge in [0.05, 0.1) is 17.8 Å². The van der Waals surface area contributed by atoms with Crippen LogP contribution in [0.25, 0.3) is 12.2 Å². The maximum Gasteiger partial charge on any atom is 0.255 e. The predicted molar refractivity (Wildman–Crippen MR) is 118 cm³/mol. The third kappa shape index (κ3) is 4.43. The minimum atomic E-state index is -0.162. The number of carbonyl (C=O) groups is 1. The standard InChI is InChI=1S/C25H22N2O2/c1-18-10-12-19(13-11-18)14-15-20-8-5-9-22(23(20)25-26-16-17-29-25)27-24(28)21-6-3-2-4-7-21/h2-15H,16-17H2,1H3,(H,27,28)/b15-14+. The van der Waals surface area contributed by atoms with Gasteiger partial charge in [-0.1, -0.05) is 72.3 Å². The zero-order chi connectivity index (χ0) is 20.1. The van der Waals surface area contributed by atoms with Crippen LogP contribution in [0.1, 0.15) is 32.6 Å². The summed E-state index contributed by atoms with van der Waals surface area (Å²) in [4.78, 5) is 17.2. The Balaban J connectivity index is 1.69. The van der Waals surface area contributed by atoms with Gasteiger partial charge < -0.3 is 10.1 Å². The molecular weight excluding hydrogens is 360 g/mol. The lowest BCUT2D eigenvalue weighted by Crippen LogP contribution is -2.16. The molecule has 1 aliphatic rings. The Bertz CT molecular complexity index is 1070. The highest BCUT2D eigenvalue weighted by Crippen LogP contribution is 2.26. The second-order valence-electron chi connectivity index (χ2n) is 6.87. The van der Waals surface area contributed by atoms with Crippen LogP contribution in [-0.2, 0) is 4.74 Å². The number of hydrogen-bond donors (Lipinski definition) is 1. The molecule has 1 N–H and O–H groups in total. The molecule has 0 atom stereocenters. The van der Waals surface area contributed by atoms with Crippen LogP contribution >= 0.6 is 0 Å². The van der Waals surface area contributed by atoms with Gasteiger partial charge in [0.15, 0.2) is 0 Å². The summed E-state index contributed by atoms with van der Waals surface area (Å²) in [5.74, 6) is 0.405. The fourth-order valence-electron chi connectivity index (χ4n) is 3.19. The Kier molecular flexibility index (Phi) is 5.52. The molecule has 0 aromatic heterocycles. The highest BCUT2D eigenvalue weighted by atomic mass is 16.5. The van der Waals surface area contributed by atoms with Gasteiger partial charge in [0.1, 0.15) is 6.61 Å². The number of nitrogens with one attached hydrogen (secondary N) is 1. The number of aliphatic imine (C=N–C) groups is 1. The van der Waals surface area contributed by atoms with Crippen molar-refractivity contribution >= 4 is 29.6 Å². The number of aryl methyl sites for hydroxylation is 1. The number of anilines is 1. The smallest absolute Gasteiger partial charge is 0.255 e. The van der Waals surface area contributed by atoms with Crippen LogP contribution in [0.3, 0.4) is 0 Å². The molecule has 3 aromatic carbocycles. The monoisotopic (exact) mass is 382 g/mol. The van der Waals surface area contributed by atoms with Crippen LogP contribution in [0, 0.1) is 6.92 Å². The molecule has 0 bridgehead atoms. The summed E-state index contributed by atoms with van der Waals surface area (Å²) in [7, 11) is 0. The highest BCUT2D eigenvalue weighted by molar-refractivity contribution is 6.10. The van der Waals surface area contributed by atoms with E-state index in [2.05, 4.69) is 47.6 Å². The van der Waals surface area contributed by atoms with Crippen LogP contribution < -0.4 is 5.32 Å². The molecule has 0 spiro atoms. The molecule has 0 aliphatic carbocycles. The van der Waals surface area contributed by atoms with Crippen molar-refractivity contribution in [1.29, 1.82) is 0 Å². The van der Waals surface area contributed by atoms with E-state index in [0.717, 1.165) is 16.7 Å². The maximum atomic E-state index is 12.7. The fourth-order valence-corrected chi connectivity index (χ4v) is 3.19. The van der Waals surface area contributed by atoms with E-state index in [4.69, 9.17) is 4.74 Å². The topological polar surface area (TPSA) is 50.7 Å². The van der Waals surface area contributed by atoms with Gasteiger partial charge in [0.2, 0.25) is 5.90 Å². The van der Waals surface area contributed by atoms with E-state index in [-0.39, 0.29) is 5.91 Å². The quantitative estimate of drug-likeness (QED) is 0.617. The molecule has 144 valence electrons. The van der Waals surface area contributed by atoms with Gasteiger partial charge in [-0.15, -0.1) is 0 Å². The largest absolute Gasteiger partial charge is 0.475 e. The fraction of sp³-hybridized carbons (Fsp3) is 0.120. The van der Waals surface area contributed by atoms with E-state index >= 15 is 0 Å². The first-order valence-electron chi connectivity index (χ1n) is 9.62. The second kappa shape index (κ2) is 8.57. The number of rotatable bonds is 5. The van der Waals surface area contributed by atoms with E-state index in [1.165, 1.54) is 5.56 Å². The van der Waals surface area contributed by atoms with E-state index in [1.807, 2.05) is 42.5 Å². The van der Waals surface area contributed by atoms with Gasteiger partial charge in [-0.05, 0) is 36.2 Å². The minimum Gasteiger partial charge on any atom is -0.475 e. The van der Waals surface area contributed by atoms with Crippen molar-refractivity contribution in [1.82, 2.24) is 0 Å². The van der Waals surface area contributed by atoms with Crippen LogP contribution in [0.2, 0.25) is 0 Å². The summed E-state index contributed by atoms with van der Waals surface area (Å²) in [5.41, 5.74) is 5.37. The SMILES string of the molecule is Cc1ccc(/C=C/c2cccc(NC(=O)c3ccccc3)c2C2=NCCO2)cc1. The van der Waals surface area contributed by atoms with Crippen molar-refractivity contribution in [3.8, 4) is 0 Å². The average Bonchev–Trinajstić information content (AvgIpc) is 3.28. The van der Waals surface area contributed by atoms with Crippen LogP contribution in [0.15, 0.2) is 77.8 Å². The van der Waals surface area contributed by atoms with Crippen molar-refractivity contribution in [3.63, 3.8) is 0 Å². The molecule has 1 aliphatic heterocycles.